The Kier molecular flexibility index (Phi) is 7.26. The minimum absolute atomic E-state index is 0.0149. The molecule has 9 heteroatoms. The fourth-order valence-corrected chi connectivity index (χ4v) is 6.04. The number of nitrogens with zero attached hydrogens (tertiary/aromatic N) is 2. The third-order valence-electron chi connectivity index (χ3n) is 5.83. The zero-order valence-corrected chi connectivity index (χ0v) is 22.5. The van der Waals surface area contributed by atoms with Crippen LogP contribution in [0.4, 0.5) is 5.69 Å². The van der Waals surface area contributed by atoms with Crippen LogP contribution in [0.3, 0.4) is 0 Å². The van der Waals surface area contributed by atoms with Gasteiger partial charge in [-0.2, -0.15) is 4.76 Å². The predicted molar refractivity (Wildman–Crippen MR) is 136 cm³/mol. The summed E-state index contributed by atoms with van der Waals surface area (Å²) >= 11 is 0. The zero-order chi connectivity index (χ0) is 25.5. The standard InChI is InChI=1S/C25H38N3O5P/c1-9-32-16-11-12-18-17(15-16)26-22(27-34(18,31)33-10-2)19-20(29)21(25(6,7)8)28(23(19)30)14-13-24(3,4)5/h11-12,15,21,29H,9-10,13-14H2,1-8H3,(H,26,27,31). The molecule has 0 saturated heterocycles. The molecular weight excluding hydrogens is 453 g/mol. The molecule has 0 bridgehead atoms. The fourth-order valence-electron chi connectivity index (χ4n) is 4.28. The molecule has 0 aliphatic carbocycles. The average molecular weight is 492 g/mol. The number of benzene rings is 1. The molecule has 188 valence electrons. The van der Waals surface area contributed by atoms with E-state index in [2.05, 4.69) is 30.9 Å². The molecule has 0 aromatic heterocycles. The molecule has 0 spiro atoms. The lowest BCUT2D eigenvalue weighted by Crippen LogP contribution is -2.45. The van der Waals surface area contributed by atoms with E-state index in [9.17, 15) is 14.5 Å². The lowest BCUT2D eigenvalue weighted by Gasteiger charge is -2.36. The molecule has 2 aliphatic heterocycles. The predicted octanol–water partition coefficient (Wildman–Crippen LogP) is 5.27. The van der Waals surface area contributed by atoms with Crippen molar-refractivity contribution in [2.45, 2.75) is 67.9 Å². The van der Waals surface area contributed by atoms with E-state index in [4.69, 9.17) is 9.26 Å². The maximum Gasteiger partial charge on any atom is 0.348 e. The largest absolute Gasteiger partial charge is 0.509 e. The molecule has 0 saturated carbocycles. The quantitative estimate of drug-likeness (QED) is 0.504. The first-order chi connectivity index (χ1) is 15.7. The summed E-state index contributed by atoms with van der Waals surface area (Å²) in [5, 5.41) is 14.9. The maximum atomic E-state index is 13.8. The van der Waals surface area contributed by atoms with Crippen LogP contribution < -0.4 is 15.4 Å². The number of aliphatic hydroxyl groups excluding tert-OH is 1. The van der Waals surface area contributed by atoms with Crippen molar-refractivity contribution in [1.82, 2.24) is 4.90 Å². The minimum atomic E-state index is -3.67. The van der Waals surface area contributed by atoms with Crippen LogP contribution in [0, 0.1) is 10.8 Å². The molecule has 34 heavy (non-hydrogen) atoms. The maximum absolute atomic E-state index is 13.8. The molecule has 0 radical (unpaired) electrons. The van der Waals surface area contributed by atoms with Crippen molar-refractivity contribution in [3.8, 4) is 5.75 Å². The van der Waals surface area contributed by atoms with Gasteiger partial charge >= 0.3 is 7.52 Å². The van der Waals surface area contributed by atoms with Crippen molar-refractivity contribution in [2.24, 2.45) is 15.6 Å². The van der Waals surface area contributed by atoms with Gasteiger partial charge in [-0.15, -0.1) is 0 Å². The van der Waals surface area contributed by atoms with Gasteiger partial charge in [-0.05, 0) is 43.2 Å². The van der Waals surface area contributed by atoms with Crippen LogP contribution in [0.25, 0.3) is 0 Å². The highest BCUT2D eigenvalue weighted by molar-refractivity contribution is 7.66. The van der Waals surface area contributed by atoms with Crippen molar-refractivity contribution >= 4 is 30.3 Å². The molecule has 2 aliphatic rings. The summed E-state index contributed by atoms with van der Waals surface area (Å²) in [6.45, 7) is 17.1. The topological polar surface area (TPSA) is 100 Å². The van der Waals surface area contributed by atoms with E-state index in [0.29, 0.717) is 29.9 Å². The van der Waals surface area contributed by atoms with Crippen LogP contribution in [0.5, 0.6) is 5.75 Å². The number of carbonyl (C=O) groups excluding carboxylic acids is 1. The van der Waals surface area contributed by atoms with E-state index >= 15 is 0 Å². The van der Waals surface area contributed by atoms with E-state index in [-0.39, 0.29) is 35.1 Å². The van der Waals surface area contributed by atoms with Crippen molar-refractivity contribution in [3.05, 3.63) is 29.5 Å². The number of hydrogen-bond acceptors (Lipinski definition) is 6. The summed E-state index contributed by atoms with van der Waals surface area (Å²) in [6.07, 6.45) is 0.768. The second-order valence-corrected chi connectivity index (χ2v) is 12.9. The number of nitrogens with one attached hydrogen (secondary N) is 1. The van der Waals surface area contributed by atoms with Crippen LogP contribution in [0.2, 0.25) is 0 Å². The Labute approximate surface area is 202 Å². The Bertz CT molecular complexity index is 1070. The van der Waals surface area contributed by atoms with E-state index in [1.807, 2.05) is 27.7 Å². The smallest absolute Gasteiger partial charge is 0.348 e. The van der Waals surface area contributed by atoms with Crippen LogP contribution in [0.15, 0.2) is 34.3 Å². The number of anilines is 1. The van der Waals surface area contributed by atoms with Gasteiger partial charge in [0.15, 0.2) is 5.84 Å². The molecular formula is C25H38N3O5P. The fraction of sp³-hybridized carbons (Fsp3) is 0.600. The van der Waals surface area contributed by atoms with E-state index in [0.717, 1.165) is 6.42 Å². The lowest BCUT2D eigenvalue weighted by molar-refractivity contribution is -0.128. The van der Waals surface area contributed by atoms with Gasteiger partial charge < -0.3 is 24.6 Å². The third kappa shape index (κ3) is 5.18. The molecule has 2 N–H and O–H groups in total. The summed E-state index contributed by atoms with van der Waals surface area (Å²) < 4.78 is 29.4. The van der Waals surface area contributed by atoms with Gasteiger partial charge in [0.1, 0.15) is 17.1 Å². The van der Waals surface area contributed by atoms with Gasteiger partial charge in [-0.25, -0.2) is 0 Å². The zero-order valence-electron chi connectivity index (χ0n) is 21.6. The highest BCUT2D eigenvalue weighted by atomic mass is 31.2. The number of ether oxygens (including phenoxy) is 1. The normalized spacial score (nSPS) is 23.1. The Hall–Kier alpha value is -2.31. The number of amidine groups is 1. The molecule has 1 aromatic rings. The number of hydrogen-bond donors (Lipinski definition) is 2. The van der Waals surface area contributed by atoms with Crippen molar-refractivity contribution in [1.29, 1.82) is 0 Å². The molecule has 0 fully saturated rings. The summed E-state index contributed by atoms with van der Waals surface area (Å²) in [6, 6.07) is 4.58. The summed E-state index contributed by atoms with van der Waals surface area (Å²) in [4.78, 5) is 15.4. The van der Waals surface area contributed by atoms with Crippen LogP contribution in [0.1, 0.15) is 61.8 Å². The first-order valence-electron chi connectivity index (χ1n) is 11.9. The Morgan fingerprint density at radius 2 is 1.82 bits per heavy atom. The van der Waals surface area contributed by atoms with Gasteiger partial charge in [0.2, 0.25) is 0 Å². The van der Waals surface area contributed by atoms with E-state index in [1.165, 1.54) is 0 Å². The second kappa shape index (κ2) is 9.38. The minimum Gasteiger partial charge on any atom is -0.509 e. The average Bonchev–Trinajstić information content (AvgIpc) is 2.95. The monoisotopic (exact) mass is 491 g/mol. The van der Waals surface area contributed by atoms with Crippen molar-refractivity contribution < 1.29 is 23.7 Å². The number of fused-ring (bicyclic) bond motifs is 1. The van der Waals surface area contributed by atoms with Gasteiger partial charge in [0.05, 0.1) is 30.2 Å². The first kappa shape index (κ1) is 26.3. The molecule has 1 aromatic carbocycles. The third-order valence-corrected chi connectivity index (χ3v) is 7.90. The number of amides is 1. The van der Waals surface area contributed by atoms with Gasteiger partial charge in [-0.1, -0.05) is 41.5 Å². The highest BCUT2D eigenvalue weighted by Crippen LogP contribution is 2.53. The van der Waals surface area contributed by atoms with Gasteiger partial charge in [-0.3, -0.25) is 9.36 Å². The van der Waals surface area contributed by atoms with Crippen molar-refractivity contribution in [3.63, 3.8) is 0 Å². The van der Waals surface area contributed by atoms with Crippen LogP contribution in [-0.2, 0) is 13.9 Å². The second-order valence-electron chi connectivity index (χ2n) is 11.0. The Morgan fingerprint density at radius 3 is 2.38 bits per heavy atom. The molecule has 2 unspecified atom stereocenters. The van der Waals surface area contributed by atoms with Crippen LogP contribution >= 0.6 is 7.52 Å². The van der Waals surface area contributed by atoms with E-state index in [1.54, 1.807) is 30.0 Å². The molecule has 2 atom stereocenters. The molecule has 8 nitrogen and oxygen atoms in total. The number of rotatable bonds is 7. The molecule has 1 amide bonds. The molecule has 2 heterocycles. The Balaban J connectivity index is 2.10. The number of aliphatic hydroxyl groups is 1. The lowest BCUT2D eigenvalue weighted by atomic mass is 9.84. The van der Waals surface area contributed by atoms with Crippen LogP contribution in [-0.4, -0.2) is 47.5 Å². The Morgan fingerprint density at radius 1 is 1.15 bits per heavy atom. The van der Waals surface area contributed by atoms with Crippen molar-refractivity contribution in [2.75, 3.05) is 25.1 Å². The SMILES string of the molecule is CCOc1ccc2c(c1)NC(C1=C(O)C(C(C)(C)C)N(CCC(C)(C)C)C1=O)=NP2(=O)OCC. The van der Waals surface area contributed by atoms with Gasteiger partial charge in [0, 0.05) is 12.6 Å². The van der Waals surface area contributed by atoms with Gasteiger partial charge in [0.25, 0.3) is 5.91 Å². The highest BCUT2D eigenvalue weighted by Gasteiger charge is 2.48. The first-order valence-corrected chi connectivity index (χ1v) is 13.4. The number of carbonyl (C=O) groups is 1. The summed E-state index contributed by atoms with van der Waals surface area (Å²) in [5.41, 5.74) is 0.127. The summed E-state index contributed by atoms with van der Waals surface area (Å²) in [7, 11) is -3.67. The molecule has 3 rings (SSSR count). The summed E-state index contributed by atoms with van der Waals surface area (Å²) in [5.74, 6) is 0.256. The van der Waals surface area contributed by atoms with E-state index < -0.39 is 19.0 Å².